The van der Waals surface area contributed by atoms with Gasteiger partial charge < -0.3 is 24.8 Å². The minimum Gasteiger partial charge on any atom is -0.493 e. The second-order valence-corrected chi connectivity index (χ2v) is 6.77. The number of benzene rings is 2. The standard InChI is InChI=1S/C21H24N2O5/c1-13-5-7-14(8-6-13)22-19(24)21(9-10-21)20(25)23-15-11-16(26-2)18(28-4)17(12-15)27-3/h5-8,11-12H,9-10H2,1-4H3,(H,22,24)(H,23,25). The van der Waals surface area contributed by atoms with Gasteiger partial charge in [0, 0.05) is 23.5 Å². The molecule has 2 amide bonds. The van der Waals surface area contributed by atoms with Gasteiger partial charge >= 0.3 is 0 Å². The van der Waals surface area contributed by atoms with Gasteiger partial charge in [0.25, 0.3) is 0 Å². The van der Waals surface area contributed by atoms with Crippen LogP contribution >= 0.6 is 0 Å². The molecule has 2 N–H and O–H groups in total. The number of carbonyl (C=O) groups excluding carboxylic acids is 2. The number of hydrogen-bond acceptors (Lipinski definition) is 5. The van der Waals surface area contributed by atoms with Crippen LogP contribution in [-0.2, 0) is 9.59 Å². The van der Waals surface area contributed by atoms with E-state index in [2.05, 4.69) is 10.6 Å². The van der Waals surface area contributed by atoms with Gasteiger partial charge in [0.05, 0.1) is 21.3 Å². The highest BCUT2D eigenvalue weighted by Gasteiger charge is 2.56. The predicted octanol–water partition coefficient (Wildman–Crippen LogP) is 3.38. The van der Waals surface area contributed by atoms with Crippen LogP contribution in [0.4, 0.5) is 11.4 Å². The number of anilines is 2. The topological polar surface area (TPSA) is 85.9 Å². The van der Waals surface area contributed by atoms with Crippen LogP contribution in [0.2, 0.25) is 0 Å². The molecule has 0 unspecified atom stereocenters. The van der Waals surface area contributed by atoms with Crippen molar-refractivity contribution in [2.45, 2.75) is 19.8 Å². The van der Waals surface area contributed by atoms with Crippen LogP contribution in [0.3, 0.4) is 0 Å². The average Bonchev–Trinajstić information content (AvgIpc) is 3.51. The zero-order valence-corrected chi connectivity index (χ0v) is 16.4. The van der Waals surface area contributed by atoms with Gasteiger partial charge in [-0.2, -0.15) is 0 Å². The molecule has 0 radical (unpaired) electrons. The fourth-order valence-electron chi connectivity index (χ4n) is 2.97. The zero-order chi connectivity index (χ0) is 20.3. The number of nitrogens with one attached hydrogen (secondary N) is 2. The summed E-state index contributed by atoms with van der Waals surface area (Å²) in [5, 5.41) is 5.64. The Hall–Kier alpha value is -3.22. The number of carbonyl (C=O) groups is 2. The normalized spacial score (nSPS) is 14.0. The lowest BCUT2D eigenvalue weighted by atomic mass is 10.0. The quantitative estimate of drug-likeness (QED) is 0.715. The molecule has 28 heavy (non-hydrogen) atoms. The molecule has 1 aliphatic rings. The van der Waals surface area contributed by atoms with Crippen molar-refractivity contribution in [3.8, 4) is 17.2 Å². The summed E-state index contributed by atoms with van der Waals surface area (Å²) in [6, 6.07) is 10.7. The molecule has 2 aromatic rings. The third-order valence-corrected chi connectivity index (χ3v) is 4.85. The molecule has 0 aromatic heterocycles. The average molecular weight is 384 g/mol. The van der Waals surface area contributed by atoms with Crippen LogP contribution in [0, 0.1) is 12.3 Å². The second-order valence-electron chi connectivity index (χ2n) is 6.77. The summed E-state index contributed by atoms with van der Waals surface area (Å²) in [4.78, 5) is 25.6. The maximum absolute atomic E-state index is 12.9. The summed E-state index contributed by atoms with van der Waals surface area (Å²) in [6.45, 7) is 1.97. The van der Waals surface area contributed by atoms with Crippen LogP contribution in [-0.4, -0.2) is 33.1 Å². The molecule has 1 fully saturated rings. The molecule has 7 nitrogen and oxygen atoms in total. The Labute approximate surface area is 164 Å². The molecule has 3 rings (SSSR count). The lowest BCUT2D eigenvalue weighted by Gasteiger charge is -2.18. The van der Waals surface area contributed by atoms with Gasteiger partial charge in [0.1, 0.15) is 5.41 Å². The Kier molecular flexibility index (Phi) is 5.44. The van der Waals surface area contributed by atoms with E-state index in [0.29, 0.717) is 41.5 Å². The molecule has 0 aliphatic heterocycles. The lowest BCUT2D eigenvalue weighted by Crippen LogP contribution is -2.35. The number of amides is 2. The molecule has 148 valence electrons. The fourth-order valence-corrected chi connectivity index (χ4v) is 2.97. The Morgan fingerprint density at radius 1 is 0.821 bits per heavy atom. The number of methoxy groups -OCH3 is 3. The molecule has 1 aliphatic carbocycles. The van der Waals surface area contributed by atoms with Crippen molar-refractivity contribution < 1.29 is 23.8 Å². The minimum absolute atomic E-state index is 0.304. The van der Waals surface area contributed by atoms with Gasteiger partial charge in [-0.3, -0.25) is 9.59 Å². The summed E-state index contributed by atoms with van der Waals surface area (Å²) < 4.78 is 15.9. The smallest absolute Gasteiger partial charge is 0.240 e. The SMILES string of the molecule is COc1cc(NC(=O)C2(C(=O)Nc3ccc(C)cc3)CC2)cc(OC)c1OC. The summed E-state index contributed by atoms with van der Waals surface area (Å²) in [5.74, 6) is 0.617. The third kappa shape index (κ3) is 3.74. The van der Waals surface area contributed by atoms with Crippen molar-refractivity contribution >= 4 is 23.2 Å². The van der Waals surface area contributed by atoms with Crippen LogP contribution < -0.4 is 24.8 Å². The summed E-state index contributed by atoms with van der Waals surface area (Å²) in [5.41, 5.74) is 1.17. The van der Waals surface area contributed by atoms with E-state index in [0.717, 1.165) is 5.56 Å². The van der Waals surface area contributed by atoms with E-state index in [1.807, 2.05) is 31.2 Å². The molecule has 0 atom stereocenters. The molecule has 2 aromatic carbocycles. The first-order valence-corrected chi connectivity index (χ1v) is 8.93. The van der Waals surface area contributed by atoms with E-state index in [9.17, 15) is 9.59 Å². The van der Waals surface area contributed by atoms with Crippen molar-refractivity contribution in [2.75, 3.05) is 32.0 Å². The Bertz CT molecular complexity index is 863. The monoisotopic (exact) mass is 384 g/mol. The highest BCUT2D eigenvalue weighted by Crippen LogP contribution is 2.48. The fraction of sp³-hybridized carbons (Fsp3) is 0.333. The number of rotatable bonds is 7. The van der Waals surface area contributed by atoms with Gasteiger partial charge in [0.15, 0.2) is 11.5 Å². The number of hydrogen-bond donors (Lipinski definition) is 2. The minimum atomic E-state index is -1.06. The molecule has 1 saturated carbocycles. The highest BCUT2D eigenvalue weighted by atomic mass is 16.5. The molecule has 7 heteroatoms. The van der Waals surface area contributed by atoms with Crippen molar-refractivity contribution in [3.63, 3.8) is 0 Å². The van der Waals surface area contributed by atoms with Crippen LogP contribution in [0.5, 0.6) is 17.2 Å². The van der Waals surface area contributed by atoms with Crippen molar-refractivity contribution in [3.05, 3.63) is 42.0 Å². The van der Waals surface area contributed by atoms with E-state index in [-0.39, 0.29) is 11.8 Å². The van der Waals surface area contributed by atoms with Crippen molar-refractivity contribution in [1.29, 1.82) is 0 Å². The first kappa shape index (κ1) is 19.5. The van der Waals surface area contributed by atoms with Crippen LogP contribution in [0.15, 0.2) is 36.4 Å². The Morgan fingerprint density at radius 2 is 1.32 bits per heavy atom. The predicted molar refractivity (Wildman–Crippen MR) is 106 cm³/mol. The van der Waals surface area contributed by atoms with E-state index in [4.69, 9.17) is 14.2 Å². The maximum atomic E-state index is 12.9. The zero-order valence-electron chi connectivity index (χ0n) is 16.4. The summed E-state index contributed by atoms with van der Waals surface area (Å²) >= 11 is 0. The van der Waals surface area contributed by atoms with Gasteiger partial charge in [0.2, 0.25) is 17.6 Å². The molecule has 0 bridgehead atoms. The second kappa shape index (κ2) is 7.80. The van der Waals surface area contributed by atoms with Crippen molar-refractivity contribution in [1.82, 2.24) is 0 Å². The lowest BCUT2D eigenvalue weighted by molar-refractivity contribution is -0.131. The summed E-state index contributed by atoms with van der Waals surface area (Å²) in [7, 11) is 4.51. The van der Waals surface area contributed by atoms with E-state index in [1.54, 1.807) is 12.1 Å². The van der Waals surface area contributed by atoms with Gasteiger partial charge in [-0.25, -0.2) is 0 Å². The maximum Gasteiger partial charge on any atom is 0.240 e. The first-order valence-electron chi connectivity index (χ1n) is 8.93. The Morgan fingerprint density at radius 3 is 1.75 bits per heavy atom. The molecular formula is C21H24N2O5. The molecular weight excluding hydrogens is 360 g/mol. The molecule has 0 spiro atoms. The van der Waals surface area contributed by atoms with Gasteiger partial charge in [-0.15, -0.1) is 0 Å². The van der Waals surface area contributed by atoms with E-state index < -0.39 is 5.41 Å². The van der Waals surface area contributed by atoms with E-state index in [1.165, 1.54) is 21.3 Å². The number of aryl methyl sites for hydroxylation is 1. The van der Waals surface area contributed by atoms with Crippen LogP contribution in [0.1, 0.15) is 18.4 Å². The van der Waals surface area contributed by atoms with Gasteiger partial charge in [-0.1, -0.05) is 17.7 Å². The third-order valence-electron chi connectivity index (χ3n) is 4.85. The first-order chi connectivity index (χ1) is 13.4. The van der Waals surface area contributed by atoms with Gasteiger partial charge in [-0.05, 0) is 31.9 Å². The van der Waals surface area contributed by atoms with E-state index >= 15 is 0 Å². The van der Waals surface area contributed by atoms with Crippen LogP contribution in [0.25, 0.3) is 0 Å². The number of ether oxygens (including phenoxy) is 3. The Balaban J connectivity index is 1.76. The largest absolute Gasteiger partial charge is 0.493 e. The highest BCUT2D eigenvalue weighted by molar-refractivity contribution is 6.17. The summed E-state index contributed by atoms with van der Waals surface area (Å²) in [6.07, 6.45) is 1.00. The van der Waals surface area contributed by atoms with Crippen molar-refractivity contribution in [2.24, 2.45) is 5.41 Å². The molecule has 0 saturated heterocycles. The molecule has 0 heterocycles.